The van der Waals surface area contributed by atoms with E-state index in [4.69, 9.17) is 23.2 Å². The van der Waals surface area contributed by atoms with Gasteiger partial charge in [-0.3, -0.25) is 9.10 Å². The molecule has 8 heteroatoms. The Morgan fingerprint density at radius 1 is 1.14 bits per heavy atom. The number of carbonyl (C=O) groups is 1. The Hall–Kier alpha value is -1.76. The van der Waals surface area contributed by atoms with E-state index >= 15 is 0 Å². The molecule has 1 aliphatic rings. The molecule has 0 bridgehead atoms. The van der Waals surface area contributed by atoms with E-state index in [1.807, 2.05) is 19.9 Å². The average Bonchev–Trinajstić information content (AvgIpc) is 3.01. The van der Waals surface area contributed by atoms with Crippen molar-refractivity contribution in [3.05, 3.63) is 63.6 Å². The van der Waals surface area contributed by atoms with Gasteiger partial charge in [0.2, 0.25) is 10.0 Å². The van der Waals surface area contributed by atoms with E-state index in [0.717, 1.165) is 5.56 Å². The molecule has 0 saturated carbocycles. The molecule has 0 aliphatic carbocycles. The van der Waals surface area contributed by atoms with Crippen LogP contribution in [0, 0.1) is 0 Å². The number of benzene rings is 2. The molecule has 1 aliphatic heterocycles. The van der Waals surface area contributed by atoms with E-state index in [-0.39, 0.29) is 17.7 Å². The van der Waals surface area contributed by atoms with Crippen LogP contribution in [0.4, 0.5) is 5.69 Å². The lowest BCUT2D eigenvalue weighted by Crippen LogP contribution is -2.36. The third kappa shape index (κ3) is 4.45. The summed E-state index contributed by atoms with van der Waals surface area (Å²) >= 11 is 12.1. The largest absolute Gasteiger partial charge is 0.332 e. The molecule has 1 amide bonds. The maximum atomic E-state index is 13.2. The second-order valence-corrected chi connectivity index (χ2v) is 9.89. The summed E-state index contributed by atoms with van der Waals surface area (Å²) < 4.78 is 25.8. The summed E-state index contributed by atoms with van der Waals surface area (Å²) in [6.45, 7) is 4.69. The lowest BCUT2D eigenvalue weighted by atomic mass is 10.1. The van der Waals surface area contributed by atoms with Crippen molar-refractivity contribution < 1.29 is 13.2 Å². The van der Waals surface area contributed by atoms with E-state index in [2.05, 4.69) is 0 Å². The van der Waals surface area contributed by atoms with Crippen LogP contribution in [-0.4, -0.2) is 37.6 Å². The summed E-state index contributed by atoms with van der Waals surface area (Å²) in [6.07, 6.45) is 0.593. The molecule has 1 saturated heterocycles. The first-order valence-electron chi connectivity index (χ1n) is 9.04. The molecule has 150 valence electrons. The number of carbonyl (C=O) groups excluding carboxylic acids is 1. The van der Waals surface area contributed by atoms with Gasteiger partial charge in [-0.05, 0) is 56.2 Å². The van der Waals surface area contributed by atoms with E-state index in [1.54, 1.807) is 41.3 Å². The zero-order valence-corrected chi connectivity index (χ0v) is 18.1. The number of rotatable bonds is 5. The monoisotopic (exact) mass is 440 g/mol. The molecular weight excluding hydrogens is 419 g/mol. The number of nitrogens with zero attached hydrogens (tertiary/aromatic N) is 2. The fourth-order valence-electron chi connectivity index (χ4n) is 3.21. The van der Waals surface area contributed by atoms with Gasteiger partial charge in [0.15, 0.2) is 0 Å². The second kappa shape index (κ2) is 8.31. The van der Waals surface area contributed by atoms with E-state index in [1.165, 1.54) is 4.31 Å². The van der Waals surface area contributed by atoms with Gasteiger partial charge in [-0.2, -0.15) is 0 Å². The molecule has 0 aromatic heterocycles. The van der Waals surface area contributed by atoms with Crippen LogP contribution in [0.25, 0.3) is 0 Å². The summed E-state index contributed by atoms with van der Waals surface area (Å²) in [5.41, 5.74) is 1.85. The smallest absolute Gasteiger partial charge is 0.254 e. The summed E-state index contributed by atoms with van der Waals surface area (Å²) in [5.74, 6) is -0.0276. The van der Waals surface area contributed by atoms with Crippen LogP contribution in [0.2, 0.25) is 10.0 Å². The number of amides is 1. The molecule has 28 heavy (non-hydrogen) atoms. The fraction of sp³-hybridized carbons (Fsp3) is 0.350. The molecule has 0 spiro atoms. The van der Waals surface area contributed by atoms with Gasteiger partial charge in [0, 0.05) is 24.7 Å². The number of halogens is 2. The van der Waals surface area contributed by atoms with Crippen LogP contribution in [-0.2, 0) is 16.6 Å². The van der Waals surface area contributed by atoms with Crippen LogP contribution >= 0.6 is 23.2 Å². The van der Waals surface area contributed by atoms with Crippen molar-refractivity contribution in [3.8, 4) is 0 Å². The fourth-order valence-corrected chi connectivity index (χ4v) is 5.09. The van der Waals surface area contributed by atoms with E-state index in [9.17, 15) is 13.2 Å². The van der Waals surface area contributed by atoms with Crippen molar-refractivity contribution in [2.45, 2.75) is 32.9 Å². The zero-order valence-electron chi connectivity index (χ0n) is 15.7. The highest BCUT2D eigenvalue weighted by Gasteiger charge is 2.29. The first kappa shape index (κ1) is 21.0. The predicted octanol–water partition coefficient (Wildman–Crippen LogP) is 4.58. The van der Waals surface area contributed by atoms with Gasteiger partial charge in [-0.25, -0.2) is 8.42 Å². The molecule has 5 nitrogen and oxygen atoms in total. The van der Waals surface area contributed by atoms with Gasteiger partial charge in [0.05, 0.1) is 21.5 Å². The maximum Gasteiger partial charge on any atom is 0.254 e. The number of hydrogen-bond donors (Lipinski definition) is 0. The molecular formula is C20H22Cl2N2O3S. The van der Waals surface area contributed by atoms with E-state index in [0.29, 0.717) is 40.8 Å². The molecule has 2 aromatic rings. The zero-order chi connectivity index (χ0) is 20.5. The van der Waals surface area contributed by atoms with E-state index < -0.39 is 10.0 Å². The van der Waals surface area contributed by atoms with Crippen molar-refractivity contribution in [2.75, 3.05) is 16.6 Å². The first-order valence-corrected chi connectivity index (χ1v) is 11.4. The molecule has 0 atom stereocenters. The maximum absolute atomic E-state index is 13.2. The molecule has 2 aromatic carbocycles. The number of hydrogen-bond acceptors (Lipinski definition) is 3. The minimum absolute atomic E-state index is 0.0545. The van der Waals surface area contributed by atoms with Crippen molar-refractivity contribution in [1.82, 2.24) is 4.90 Å². The second-order valence-electron chi connectivity index (χ2n) is 7.07. The summed E-state index contributed by atoms with van der Waals surface area (Å²) in [5, 5.41) is 0.906. The third-order valence-electron chi connectivity index (χ3n) is 4.70. The Labute approximate surface area is 175 Å². The van der Waals surface area contributed by atoms with Crippen LogP contribution < -0.4 is 4.31 Å². The van der Waals surface area contributed by atoms with Crippen LogP contribution in [0.3, 0.4) is 0 Å². The van der Waals surface area contributed by atoms with Crippen molar-refractivity contribution in [2.24, 2.45) is 0 Å². The van der Waals surface area contributed by atoms with Crippen molar-refractivity contribution >= 4 is 44.8 Å². The molecule has 1 heterocycles. The van der Waals surface area contributed by atoms with Gasteiger partial charge < -0.3 is 4.90 Å². The topological polar surface area (TPSA) is 57.7 Å². The Balaban J connectivity index is 1.87. The average molecular weight is 441 g/mol. The summed E-state index contributed by atoms with van der Waals surface area (Å²) in [6, 6.07) is 12.0. The molecule has 0 unspecified atom stereocenters. The summed E-state index contributed by atoms with van der Waals surface area (Å²) in [7, 11) is -3.30. The first-order chi connectivity index (χ1) is 13.2. The van der Waals surface area contributed by atoms with Gasteiger partial charge in [-0.1, -0.05) is 35.3 Å². The Kier molecular flexibility index (Phi) is 6.22. The van der Waals surface area contributed by atoms with Gasteiger partial charge >= 0.3 is 0 Å². The lowest BCUT2D eigenvalue weighted by Gasteiger charge is -2.28. The highest BCUT2D eigenvalue weighted by atomic mass is 35.5. The number of sulfonamides is 1. The van der Waals surface area contributed by atoms with Crippen LogP contribution in [0.15, 0.2) is 42.5 Å². The minimum Gasteiger partial charge on any atom is -0.332 e. The van der Waals surface area contributed by atoms with Crippen molar-refractivity contribution in [3.63, 3.8) is 0 Å². The predicted molar refractivity (Wildman–Crippen MR) is 114 cm³/mol. The van der Waals surface area contributed by atoms with Gasteiger partial charge in [-0.15, -0.1) is 0 Å². The Morgan fingerprint density at radius 3 is 2.50 bits per heavy atom. The van der Waals surface area contributed by atoms with Gasteiger partial charge in [0.1, 0.15) is 0 Å². The molecule has 1 fully saturated rings. The number of anilines is 1. The van der Waals surface area contributed by atoms with Crippen LogP contribution in [0.5, 0.6) is 0 Å². The van der Waals surface area contributed by atoms with Gasteiger partial charge in [0.25, 0.3) is 5.91 Å². The standard InChI is InChI=1S/C20H22Cl2N2O3S/c1-14(2)23(13-15-7-8-18(21)19(22)11-15)20(25)16-5-3-6-17(12-16)24-9-4-10-28(24,26)27/h3,5-8,11-12,14H,4,9-10,13H2,1-2H3. The van der Waals surface area contributed by atoms with Crippen LogP contribution in [0.1, 0.15) is 36.2 Å². The summed E-state index contributed by atoms with van der Waals surface area (Å²) in [4.78, 5) is 14.9. The normalized spacial score (nSPS) is 15.8. The molecule has 3 rings (SSSR count). The third-order valence-corrected chi connectivity index (χ3v) is 7.31. The SMILES string of the molecule is CC(C)N(Cc1ccc(Cl)c(Cl)c1)C(=O)c1cccc(N2CCCS2(=O)=O)c1. The highest BCUT2D eigenvalue weighted by Crippen LogP contribution is 2.27. The molecule has 0 radical (unpaired) electrons. The highest BCUT2D eigenvalue weighted by molar-refractivity contribution is 7.93. The Morgan fingerprint density at radius 2 is 1.89 bits per heavy atom. The molecule has 0 N–H and O–H groups in total. The van der Waals surface area contributed by atoms with Crippen molar-refractivity contribution in [1.29, 1.82) is 0 Å². The Bertz CT molecular complexity index is 993. The lowest BCUT2D eigenvalue weighted by molar-refractivity contribution is 0.0690. The minimum atomic E-state index is -3.30. The quantitative estimate of drug-likeness (QED) is 0.683.